The Morgan fingerprint density at radius 2 is 1.97 bits per heavy atom. The largest absolute Gasteiger partial charge is 0.493 e. The van der Waals surface area contributed by atoms with Gasteiger partial charge in [-0.3, -0.25) is 4.79 Å². The van der Waals surface area contributed by atoms with Crippen LogP contribution in [0.25, 0.3) is 21.9 Å². The molecular formula is C27H32N6O3. The van der Waals surface area contributed by atoms with Crippen molar-refractivity contribution in [2.75, 3.05) is 37.7 Å². The molecule has 1 atom stereocenters. The second-order valence-electron chi connectivity index (χ2n) is 8.83. The zero-order chi connectivity index (χ0) is 25.1. The fraction of sp³-hybridized carbons (Fsp3) is 0.407. The van der Waals surface area contributed by atoms with Gasteiger partial charge in [-0.15, -0.1) is 0 Å². The summed E-state index contributed by atoms with van der Waals surface area (Å²) in [5.74, 6) is 2.20. The Morgan fingerprint density at radius 1 is 1.11 bits per heavy atom. The van der Waals surface area contributed by atoms with Crippen molar-refractivity contribution in [3.63, 3.8) is 0 Å². The Labute approximate surface area is 210 Å². The summed E-state index contributed by atoms with van der Waals surface area (Å²) < 4.78 is 12.3. The van der Waals surface area contributed by atoms with Gasteiger partial charge in [0.2, 0.25) is 0 Å². The normalized spacial score (nSPS) is 15.5. The van der Waals surface area contributed by atoms with Crippen molar-refractivity contribution in [1.82, 2.24) is 24.8 Å². The Balaban J connectivity index is 1.42. The summed E-state index contributed by atoms with van der Waals surface area (Å²) in [5, 5.41) is 1.88. The number of nitrogens with one attached hydrogen (secondary N) is 1. The molecule has 0 bridgehead atoms. The number of aromatic amines is 1. The van der Waals surface area contributed by atoms with Gasteiger partial charge in [0.05, 0.1) is 24.5 Å². The molecule has 5 rings (SSSR count). The highest BCUT2D eigenvalue weighted by Gasteiger charge is 2.29. The minimum absolute atomic E-state index is 0.0201. The van der Waals surface area contributed by atoms with E-state index >= 15 is 0 Å². The molecule has 1 amide bonds. The number of hydrogen-bond acceptors (Lipinski definition) is 7. The number of ether oxygens (including phenoxy) is 2. The quantitative estimate of drug-likeness (QED) is 0.372. The number of amides is 1. The van der Waals surface area contributed by atoms with Crippen LogP contribution in [0.4, 0.5) is 5.82 Å². The first-order chi connectivity index (χ1) is 17.6. The van der Waals surface area contributed by atoms with Crippen LogP contribution in [-0.2, 0) is 0 Å². The van der Waals surface area contributed by atoms with Crippen molar-refractivity contribution in [3.05, 3.63) is 48.5 Å². The molecule has 4 aromatic rings. The SMILES string of the molecule is CCOc1cc2c(OC[C@H]3CCCN3c3ncnc4nc[nH]c34)cccc2cc1C(=O)N(CC)CC. The van der Waals surface area contributed by atoms with Crippen LogP contribution in [0.5, 0.6) is 11.5 Å². The lowest BCUT2D eigenvalue weighted by Gasteiger charge is -2.26. The van der Waals surface area contributed by atoms with E-state index in [0.717, 1.165) is 47.2 Å². The van der Waals surface area contributed by atoms with Crippen LogP contribution in [0.15, 0.2) is 43.0 Å². The second-order valence-corrected chi connectivity index (χ2v) is 8.83. The third-order valence-electron chi connectivity index (χ3n) is 6.80. The third-order valence-corrected chi connectivity index (χ3v) is 6.80. The molecule has 36 heavy (non-hydrogen) atoms. The number of H-pyrrole nitrogens is 1. The second kappa shape index (κ2) is 10.4. The topological polar surface area (TPSA) is 96.5 Å². The van der Waals surface area contributed by atoms with Crippen LogP contribution < -0.4 is 14.4 Å². The van der Waals surface area contributed by atoms with Crippen LogP contribution in [0, 0.1) is 0 Å². The van der Waals surface area contributed by atoms with E-state index in [9.17, 15) is 4.79 Å². The van der Waals surface area contributed by atoms with Gasteiger partial charge in [0.25, 0.3) is 5.91 Å². The Kier molecular flexibility index (Phi) is 6.88. The van der Waals surface area contributed by atoms with E-state index in [1.807, 2.05) is 56.0 Å². The highest BCUT2D eigenvalue weighted by atomic mass is 16.5. The molecule has 3 heterocycles. The molecule has 1 aliphatic rings. The summed E-state index contributed by atoms with van der Waals surface area (Å²) in [6, 6.07) is 9.99. The van der Waals surface area contributed by atoms with E-state index in [1.54, 1.807) is 12.7 Å². The molecule has 0 unspecified atom stereocenters. The monoisotopic (exact) mass is 488 g/mol. The van der Waals surface area contributed by atoms with Gasteiger partial charge in [0.1, 0.15) is 29.9 Å². The maximum Gasteiger partial charge on any atom is 0.257 e. The number of fused-ring (bicyclic) bond motifs is 2. The molecule has 9 heteroatoms. The minimum Gasteiger partial charge on any atom is -0.493 e. The van der Waals surface area contributed by atoms with Crippen molar-refractivity contribution in [3.8, 4) is 11.5 Å². The molecule has 2 aromatic heterocycles. The number of imidazole rings is 1. The van der Waals surface area contributed by atoms with Gasteiger partial charge in [-0.25, -0.2) is 15.0 Å². The van der Waals surface area contributed by atoms with E-state index in [0.29, 0.717) is 43.3 Å². The van der Waals surface area contributed by atoms with Gasteiger partial charge in [0.15, 0.2) is 11.5 Å². The number of hydrogen-bond donors (Lipinski definition) is 1. The molecule has 0 aliphatic carbocycles. The van der Waals surface area contributed by atoms with Crippen LogP contribution in [0.2, 0.25) is 0 Å². The van der Waals surface area contributed by atoms with Crippen LogP contribution in [0.1, 0.15) is 44.0 Å². The van der Waals surface area contributed by atoms with E-state index in [-0.39, 0.29) is 11.9 Å². The van der Waals surface area contributed by atoms with Crippen molar-refractivity contribution in [2.24, 2.45) is 0 Å². The fourth-order valence-corrected chi connectivity index (χ4v) is 4.97. The molecule has 2 aromatic carbocycles. The average Bonchev–Trinajstić information content (AvgIpc) is 3.57. The van der Waals surface area contributed by atoms with Gasteiger partial charge in [0, 0.05) is 25.0 Å². The predicted molar refractivity (Wildman–Crippen MR) is 140 cm³/mol. The summed E-state index contributed by atoms with van der Waals surface area (Å²) in [6.45, 7) is 9.10. The first kappa shape index (κ1) is 23.8. The number of anilines is 1. The van der Waals surface area contributed by atoms with Crippen molar-refractivity contribution < 1.29 is 14.3 Å². The summed E-state index contributed by atoms with van der Waals surface area (Å²) in [5.41, 5.74) is 2.10. The van der Waals surface area contributed by atoms with Crippen LogP contribution >= 0.6 is 0 Å². The lowest BCUT2D eigenvalue weighted by molar-refractivity contribution is 0.0769. The zero-order valence-corrected chi connectivity index (χ0v) is 21.0. The molecule has 1 N–H and O–H groups in total. The van der Waals surface area contributed by atoms with Crippen molar-refractivity contribution in [1.29, 1.82) is 0 Å². The molecule has 0 radical (unpaired) electrons. The predicted octanol–water partition coefficient (Wildman–Crippen LogP) is 4.43. The molecule has 1 saturated heterocycles. The van der Waals surface area contributed by atoms with Gasteiger partial charge in [-0.1, -0.05) is 12.1 Å². The number of nitrogens with zero attached hydrogens (tertiary/aromatic N) is 5. The maximum absolute atomic E-state index is 13.2. The lowest BCUT2D eigenvalue weighted by atomic mass is 10.0. The zero-order valence-electron chi connectivity index (χ0n) is 21.0. The molecule has 0 spiro atoms. The first-order valence-electron chi connectivity index (χ1n) is 12.7. The lowest BCUT2D eigenvalue weighted by Crippen LogP contribution is -2.35. The number of rotatable bonds is 9. The summed E-state index contributed by atoms with van der Waals surface area (Å²) in [7, 11) is 0. The molecule has 1 aliphatic heterocycles. The standard InChI is InChI=1S/C27H32N6O3/c1-4-32(5-2)27(34)21-13-18-9-7-11-22(20(18)14-23(21)35-6-3)36-15-19-10-8-12-33(19)26-24-25(29-16-28-24)30-17-31-26/h7,9,11,13-14,16-17,19H,4-6,8,10,12,15H2,1-3H3,(H,28,29,30,31)/t19-/m1/s1. The van der Waals surface area contributed by atoms with Crippen molar-refractivity contribution in [2.45, 2.75) is 39.7 Å². The van der Waals surface area contributed by atoms with Crippen LogP contribution in [0.3, 0.4) is 0 Å². The van der Waals surface area contributed by atoms with E-state index in [2.05, 4.69) is 24.8 Å². The Bertz CT molecular complexity index is 1370. The molecule has 0 saturated carbocycles. The highest BCUT2D eigenvalue weighted by molar-refractivity contribution is 6.02. The maximum atomic E-state index is 13.2. The van der Waals surface area contributed by atoms with Crippen LogP contribution in [-0.4, -0.2) is 69.6 Å². The first-order valence-corrected chi connectivity index (χ1v) is 12.7. The van der Waals surface area contributed by atoms with Crippen molar-refractivity contribution >= 4 is 33.7 Å². The molecule has 188 valence electrons. The molecule has 9 nitrogen and oxygen atoms in total. The number of carbonyl (C=O) groups excluding carboxylic acids is 1. The van der Waals surface area contributed by atoms with Gasteiger partial charge in [-0.2, -0.15) is 0 Å². The summed E-state index contributed by atoms with van der Waals surface area (Å²) in [4.78, 5) is 33.5. The fourth-order valence-electron chi connectivity index (χ4n) is 4.97. The third kappa shape index (κ3) is 4.41. The average molecular weight is 489 g/mol. The number of carbonyl (C=O) groups is 1. The Hall–Kier alpha value is -3.88. The summed E-state index contributed by atoms with van der Waals surface area (Å²) >= 11 is 0. The number of benzene rings is 2. The van der Waals surface area contributed by atoms with E-state index in [1.165, 1.54) is 0 Å². The van der Waals surface area contributed by atoms with Gasteiger partial charge >= 0.3 is 0 Å². The Morgan fingerprint density at radius 3 is 2.78 bits per heavy atom. The molecular weight excluding hydrogens is 456 g/mol. The van der Waals surface area contributed by atoms with E-state index in [4.69, 9.17) is 9.47 Å². The summed E-state index contributed by atoms with van der Waals surface area (Å²) in [6.07, 6.45) is 5.28. The number of aromatic nitrogens is 4. The molecule has 1 fully saturated rings. The highest BCUT2D eigenvalue weighted by Crippen LogP contribution is 2.34. The smallest absolute Gasteiger partial charge is 0.257 e. The minimum atomic E-state index is -0.0201. The van der Waals surface area contributed by atoms with Gasteiger partial charge in [-0.05, 0) is 57.2 Å². The van der Waals surface area contributed by atoms with Gasteiger partial charge < -0.3 is 24.3 Å². The van der Waals surface area contributed by atoms with E-state index < -0.39 is 0 Å².